The van der Waals surface area contributed by atoms with Crippen LogP contribution in [0, 0.1) is 11.8 Å². The maximum absolute atomic E-state index is 13.2. The number of halogens is 2. The molecule has 206 valence electrons. The number of ketones is 1. The molecule has 0 radical (unpaired) electrons. The second-order valence-corrected chi connectivity index (χ2v) is 11.1. The highest BCUT2D eigenvalue weighted by atomic mass is 35.5. The Labute approximate surface area is 246 Å². The fourth-order valence-corrected chi connectivity index (χ4v) is 6.21. The van der Waals surface area contributed by atoms with Gasteiger partial charge in [-0.15, -0.1) is 0 Å². The Morgan fingerprint density at radius 3 is 2.22 bits per heavy atom. The first-order valence-corrected chi connectivity index (χ1v) is 14.1. The lowest BCUT2D eigenvalue weighted by atomic mass is 9.81. The van der Waals surface area contributed by atoms with Gasteiger partial charge < -0.3 is 4.74 Å². The molecule has 9 heteroatoms. The van der Waals surface area contributed by atoms with E-state index in [1.54, 1.807) is 54.6 Å². The Balaban J connectivity index is 1.26. The number of ether oxygens (including phenoxy) is 1. The van der Waals surface area contributed by atoms with Gasteiger partial charge in [0, 0.05) is 21.5 Å². The van der Waals surface area contributed by atoms with Crippen LogP contribution in [0.4, 0.5) is 5.69 Å². The van der Waals surface area contributed by atoms with E-state index in [0.29, 0.717) is 32.9 Å². The summed E-state index contributed by atoms with van der Waals surface area (Å²) in [4.78, 5) is 57.9. The lowest BCUT2D eigenvalue weighted by Gasteiger charge is -2.19. The van der Waals surface area contributed by atoms with Crippen molar-refractivity contribution in [2.75, 3.05) is 11.5 Å². The second kappa shape index (κ2) is 11.1. The van der Waals surface area contributed by atoms with Crippen molar-refractivity contribution < 1.29 is 23.9 Å². The zero-order chi connectivity index (χ0) is 28.7. The first-order chi connectivity index (χ1) is 19.8. The average molecular weight is 587 g/mol. The Bertz CT molecular complexity index is 1700. The number of anilines is 1. The number of pyridine rings is 1. The number of carbonyl (C=O) groups excluding carboxylic acids is 4. The van der Waals surface area contributed by atoms with Crippen LogP contribution >= 0.6 is 23.2 Å². The number of benzene rings is 3. The summed E-state index contributed by atoms with van der Waals surface area (Å²) in [6.07, 6.45) is 3.44. The highest BCUT2D eigenvalue weighted by Crippen LogP contribution is 2.40. The average Bonchev–Trinajstić information content (AvgIpc) is 3.24. The number of rotatable bonds is 6. The molecule has 6 rings (SSSR count). The topological polar surface area (TPSA) is 93.6 Å². The lowest BCUT2D eigenvalue weighted by Crippen LogP contribution is -2.30. The zero-order valence-electron chi connectivity index (χ0n) is 21.8. The molecule has 0 bridgehead atoms. The first-order valence-electron chi connectivity index (χ1n) is 13.4. The van der Waals surface area contributed by atoms with E-state index in [2.05, 4.69) is 0 Å². The second-order valence-electron chi connectivity index (χ2n) is 10.3. The number of imide groups is 1. The van der Waals surface area contributed by atoms with E-state index in [1.165, 1.54) is 17.0 Å². The van der Waals surface area contributed by atoms with Crippen LogP contribution in [0.15, 0.2) is 72.8 Å². The largest absolute Gasteiger partial charge is 0.454 e. The summed E-state index contributed by atoms with van der Waals surface area (Å²) >= 11 is 12.0. The molecular formula is C32H24Cl2N2O5. The van der Waals surface area contributed by atoms with E-state index < -0.39 is 18.4 Å². The normalized spacial score (nSPS) is 18.4. The van der Waals surface area contributed by atoms with Crippen LogP contribution in [0.25, 0.3) is 22.2 Å². The van der Waals surface area contributed by atoms with Gasteiger partial charge in [-0.05, 0) is 55.3 Å². The number of fused-ring (bicyclic) bond motifs is 2. The van der Waals surface area contributed by atoms with Gasteiger partial charge >= 0.3 is 5.97 Å². The standard InChI is InChI=1S/C32H24Cl2N2O5/c33-19-11-14-24(26(34)15-19)29(37)17-41-32(40)25-16-28(35-27-8-4-3-5-21(25)27)18-9-12-20(13-10-18)36-30(38)22-6-1-2-7-23(22)31(36)39/h3-5,8-16,22-23H,1-2,6-7,17H2. The van der Waals surface area contributed by atoms with Crippen LogP contribution in [0.2, 0.25) is 10.0 Å². The van der Waals surface area contributed by atoms with Gasteiger partial charge in [0.1, 0.15) is 0 Å². The van der Waals surface area contributed by atoms with Crippen LogP contribution in [0.3, 0.4) is 0 Å². The van der Waals surface area contributed by atoms with E-state index in [9.17, 15) is 19.2 Å². The molecule has 2 atom stereocenters. The molecular weight excluding hydrogens is 563 g/mol. The van der Waals surface area contributed by atoms with Gasteiger partial charge in [-0.3, -0.25) is 19.3 Å². The summed E-state index contributed by atoms with van der Waals surface area (Å²) in [6, 6.07) is 20.2. The van der Waals surface area contributed by atoms with Crippen molar-refractivity contribution in [3.63, 3.8) is 0 Å². The predicted octanol–water partition coefficient (Wildman–Crippen LogP) is 6.93. The Morgan fingerprint density at radius 1 is 0.854 bits per heavy atom. The zero-order valence-corrected chi connectivity index (χ0v) is 23.3. The van der Waals surface area contributed by atoms with Gasteiger partial charge in [0.2, 0.25) is 17.6 Å². The first kappa shape index (κ1) is 27.1. The molecule has 2 heterocycles. The Morgan fingerprint density at radius 2 is 1.54 bits per heavy atom. The molecule has 2 unspecified atom stereocenters. The number of hydrogen-bond acceptors (Lipinski definition) is 6. The van der Waals surface area contributed by atoms with Crippen molar-refractivity contribution in [1.82, 2.24) is 4.98 Å². The Hall–Kier alpha value is -4.07. The predicted molar refractivity (Wildman–Crippen MR) is 156 cm³/mol. The van der Waals surface area contributed by atoms with Crippen molar-refractivity contribution in [3.05, 3.63) is 94.0 Å². The number of hydrogen-bond donors (Lipinski definition) is 0. The van der Waals surface area contributed by atoms with Crippen molar-refractivity contribution in [2.45, 2.75) is 25.7 Å². The molecule has 1 saturated heterocycles. The molecule has 0 N–H and O–H groups in total. The lowest BCUT2D eigenvalue weighted by molar-refractivity contribution is -0.122. The minimum Gasteiger partial charge on any atom is -0.454 e. The molecule has 2 fully saturated rings. The van der Waals surface area contributed by atoms with Crippen molar-refractivity contribution in [1.29, 1.82) is 0 Å². The minimum atomic E-state index is -0.684. The van der Waals surface area contributed by atoms with E-state index in [0.717, 1.165) is 25.7 Å². The van der Waals surface area contributed by atoms with Crippen LogP contribution < -0.4 is 4.90 Å². The van der Waals surface area contributed by atoms with Crippen LogP contribution in [0.1, 0.15) is 46.4 Å². The van der Waals surface area contributed by atoms with Crippen LogP contribution in [-0.2, 0) is 14.3 Å². The Kier molecular flexibility index (Phi) is 7.32. The molecule has 41 heavy (non-hydrogen) atoms. The number of Topliss-reactive ketones (excluding diaryl/α,β-unsaturated/α-hetero) is 1. The van der Waals surface area contributed by atoms with E-state index in [-0.39, 0.29) is 39.8 Å². The molecule has 1 aliphatic carbocycles. The van der Waals surface area contributed by atoms with E-state index >= 15 is 0 Å². The third-order valence-corrected chi connectivity index (χ3v) is 8.31. The smallest absolute Gasteiger partial charge is 0.339 e. The molecule has 7 nitrogen and oxygen atoms in total. The summed E-state index contributed by atoms with van der Waals surface area (Å²) in [5, 5.41) is 1.14. The molecule has 2 aliphatic rings. The SMILES string of the molecule is O=C(COC(=O)c1cc(-c2ccc(N3C(=O)C4CCCCC4C3=O)cc2)nc2ccccc12)c1ccc(Cl)cc1Cl. The number of nitrogens with zero attached hydrogens (tertiary/aromatic N) is 2. The third-order valence-electron chi connectivity index (χ3n) is 7.76. The molecule has 1 aliphatic heterocycles. The fourth-order valence-electron chi connectivity index (χ4n) is 5.69. The van der Waals surface area contributed by atoms with Crippen LogP contribution in [0.5, 0.6) is 0 Å². The molecule has 4 aromatic rings. The van der Waals surface area contributed by atoms with Crippen LogP contribution in [-0.4, -0.2) is 35.2 Å². The van der Waals surface area contributed by atoms with Gasteiger partial charge in [-0.1, -0.05) is 66.4 Å². The summed E-state index contributed by atoms with van der Waals surface area (Å²) in [7, 11) is 0. The van der Waals surface area contributed by atoms with Crippen molar-refractivity contribution in [3.8, 4) is 11.3 Å². The number of carbonyl (C=O) groups is 4. The van der Waals surface area contributed by atoms with Gasteiger partial charge in [0.05, 0.1) is 39.3 Å². The highest BCUT2D eigenvalue weighted by Gasteiger charge is 2.48. The highest BCUT2D eigenvalue weighted by molar-refractivity contribution is 6.37. The number of aromatic nitrogens is 1. The molecule has 1 saturated carbocycles. The molecule has 0 spiro atoms. The van der Waals surface area contributed by atoms with Gasteiger partial charge in [-0.2, -0.15) is 0 Å². The summed E-state index contributed by atoms with van der Waals surface area (Å²) in [6.45, 7) is -0.499. The van der Waals surface area contributed by atoms with Gasteiger partial charge in [-0.25, -0.2) is 9.78 Å². The minimum absolute atomic E-state index is 0.129. The van der Waals surface area contributed by atoms with Gasteiger partial charge in [0.25, 0.3) is 0 Å². The molecule has 2 amide bonds. The maximum atomic E-state index is 13.2. The monoisotopic (exact) mass is 586 g/mol. The molecule has 1 aromatic heterocycles. The number of para-hydroxylation sites is 1. The van der Waals surface area contributed by atoms with Gasteiger partial charge in [0.15, 0.2) is 6.61 Å². The van der Waals surface area contributed by atoms with Crippen molar-refractivity contribution >= 4 is 63.4 Å². The maximum Gasteiger partial charge on any atom is 0.339 e. The molecule has 3 aromatic carbocycles. The quantitative estimate of drug-likeness (QED) is 0.138. The summed E-state index contributed by atoms with van der Waals surface area (Å²) < 4.78 is 5.40. The third kappa shape index (κ3) is 5.11. The van der Waals surface area contributed by atoms with E-state index in [4.69, 9.17) is 32.9 Å². The number of amides is 2. The summed E-state index contributed by atoms with van der Waals surface area (Å²) in [5.74, 6) is -1.86. The van der Waals surface area contributed by atoms with Crippen molar-refractivity contribution in [2.24, 2.45) is 11.8 Å². The summed E-state index contributed by atoms with van der Waals surface area (Å²) in [5.41, 5.74) is 2.74. The fraction of sp³-hybridized carbons (Fsp3) is 0.219. The number of esters is 1. The van der Waals surface area contributed by atoms with E-state index in [1.807, 2.05) is 6.07 Å².